The van der Waals surface area contributed by atoms with Crippen LogP contribution >= 0.6 is 23.1 Å². The topological polar surface area (TPSA) is 101 Å². The molecule has 0 atom stereocenters. The van der Waals surface area contributed by atoms with Gasteiger partial charge in [0.05, 0.1) is 24.3 Å². The van der Waals surface area contributed by atoms with Crippen LogP contribution in [0.2, 0.25) is 0 Å². The normalized spacial score (nSPS) is 10.9. The lowest BCUT2D eigenvalue weighted by Crippen LogP contribution is -2.05. The van der Waals surface area contributed by atoms with Gasteiger partial charge in [0, 0.05) is 11.3 Å². The lowest BCUT2D eigenvalue weighted by Gasteiger charge is -1.99. The fourth-order valence-corrected chi connectivity index (χ4v) is 4.29. The molecule has 0 aliphatic rings. The Hall–Kier alpha value is -2.39. The average Bonchev–Trinajstić information content (AvgIpc) is 3.31. The second kappa shape index (κ2) is 7.88. The summed E-state index contributed by atoms with van der Waals surface area (Å²) in [5, 5.41) is 11.9. The summed E-state index contributed by atoms with van der Waals surface area (Å²) in [5.41, 5.74) is 2.52. The number of hydrogen-bond acceptors (Lipinski definition) is 8. The van der Waals surface area contributed by atoms with E-state index in [1.165, 1.54) is 30.0 Å². The number of anilines is 1. The lowest BCUT2D eigenvalue weighted by atomic mass is 10.1. The second-order valence-corrected chi connectivity index (χ2v) is 7.90. The number of aromatic nitrogens is 3. The third kappa shape index (κ3) is 4.05. The van der Waals surface area contributed by atoms with Crippen molar-refractivity contribution in [2.24, 2.45) is 0 Å². The summed E-state index contributed by atoms with van der Waals surface area (Å²) >= 11 is 2.71. The first-order valence-electron chi connectivity index (χ1n) is 7.91. The molecule has 0 saturated heterocycles. The van der Waals surface area contributed by atoms with E-state index >= 15 is 0 Å². The molecule has 9 heteroatoms. The Morgan fingerprint density at radius 3 is 2.81 bits per heavy atom. The van der Waals surface area contributed by atoms with Crippen LogP contribution < -0.4 is 5.32 Å². The number of hydrogen-bond donors (Lipinski definition) is 2. The molecule has 3 aromatic rings. The average molecular weight is 390 g/mol. The second-order valence-electron chi connectivity index (χ2n) is 5.70. The van der Waals surface area contributed by atoms with Crippen LogP contribution in [-0.4, -0.2) is 32.5 Å². The van der Waals surface area contributed by atoms with Crippen molar-refractivity contribution < 1.29 is 14.0 Å². The smallest absolute Gasteiger partial charge is 0.206 e. The molecule has 3 heterocycles. The third-order valence-electron chi connectivity index (χ3n) is 3.80. The molecule has 0 aromatic carbocycles. The molecule has 0 amide bonds. The molecular formula is C17H18N4O3S2. The monoisotopic (exact) mass is 390 g/mol. The van der Waals surface area contributed by atoms with Crippen LogP contribution in [0, 0.1) is 13.8 Å². The first-order valence-corrected chi connectivity index (χ1v) is 9.71. The van der Waals surface area contributed by atoms with Crippen molar-refractivity contribution in [2.45, 2.75) is 31.7 Å². The van der Waals surface area contributed by atoms with Crippen molar-refractivity contribution in [1.82, 2.24) is 15.2 Å². The molecule has 26 heavy (non-hydrogen) atoms. The predicted octanol–water partition coefficient (Wildman–Crippen LogP) is 3.87. The van der Waals surface area contributed by atoms with E-state index in [0.29, 0.717) is 32.8 Å². The minimum atomic E-state index is -0.0663. The van der Waals surface area contributed by atoms with Gasteiger partial charge in [-0.2, -0.15) is 0 Å². The summed E-state index contributed by atoms with van der Waals surface area (Å²) in [6, 6.07) is 3.70. The molecule has 0 aliphatic carbocycles. The molecular weight excluding hydrogens is 372 g/mol. The van der Waals surface area contributed by atoms with Gasteiger partial charge in [0.1, 0.15) is 5.76 Å². The van der Waals surface area contributed by atoms with Crippen LogP contribution in [0.5, 0.6) is 0 Å². The van der Waals surface area contributed by atoms with E-state index in [9.17, 15) is 9.59 Å². The quantitative estimate of drug-likeness (QED) is 0.445. The molecule has 0 fully saturated rings. The van der Waals surface area contributed by atoms with Crippen molar-refractivity contribution >= 4 is 39.8 Å². The van der Waals surface area contributed by atoms with E-state index in [2.05, 4.69) is 20.5 Å². The zero-order chi connectivity index (χ0) is 18.7. The number of aromatic amines is 1. The minimum Gasteiger partial charge on any atom is -0.467 e. The highest BCUT2D eigenvalue weighted by Crippen LogP contribution is 2.27. The summed E-state index contributed by atoms with van der Waals surface area (Å²) in [7, 11) is 0. The number of ketones is 2. The van der Waals surface area contributed by atoms with Crippen molar-refractivity contribution in [3.8, 4) is 0 Å². The Morgan fingerprint density at radius 1 is 1.35 bits per heavy atom. The van der Waals surface area contributed by atoms with Crippen molar-refractivity contribution in [2.75, 3.05) is 11.1 Å². The molecule has 2 N–H and O–H groups in total. The van der Waals surface area contributed by atoms with Gasteiger partial charge in [-0.3, -0.25) is 9.59 Å². The number of aryl methyl sites for hydroxylation is 1. The summed E-state index contributed by atoms with van der Waals surface area (Å²) in [6.07, 6.45) is 1.62. The maximum Gasteiger partial charge on any atom is 0.206 e. The van der Waals surface area contributed by atoms with Crippen LogP contribution in [0.1, 0.15) is 44.8 Å². The fraction of sp³-hybridized carbons (Fsp3) is 0.294. The predicted molar refractivity (Wildman–Crippen MR) is 101 cm³/mol. The van der Waals surface area contributed by atoms with Gasteiger partial charge in [0.25, 0.3) is 0 Å². The molecule has 136 valence electrons. The van der Waals surface area contributed by atoms with E-state index in [4.69, 9.17) is 4.42 Å². The number of thioether (sulfide) groups is 1. The lowest BCUT2D eigenvalue weighted by molar-refractivity contribution is 0.101. The van der Waals surface area contributed by atoms with Gasteiger partial charge in [-0.15, -0.1) is 10.2 Å². The summed E-state index contributed by atoms with van der Waals surface area (Å²) in [4.78, 5) is 27.2. The molecule has 0 unspecified atom stereocenters. The fourth-order valence-electron chi connectivity index (χ4n) is 2.67. The summed E-state index contributed by atoms with van der Waals surface area (Å²) < 4.78 is 5.95. The maximum atomic E-state index is 12.5. The van der Waals surface area contributed by atoms with E-state index in [-0.39, 0.29) is 17.3 Å². The molecule has 3 aromatic heterocycles. The standard InChI is InChI=1S/C17H18N4O3S2/c1-9-14(11(3)22)10(2)19-15(9)13(23)8-25-17-21-20-16(26-17)18-7-12-5-4-6-24-12/h4-6,19H,7-8H2,1-3H3,(H,18,20). The summed E-state index contributed by atoms with van der Waals surface area (Å²) in [6.45, 7) is 5.62. The Labute approximate surface area is 158 Å². The number of nitrogens with zero attached hydrogens (tertiary/aromatic N) is 2. The zero-order valence-electron chi connectivity index (χ0n) is 14.6. The maximum absolute atomic E-state index is 12.5. The Morgan fingerprint density at radius 2 is 2.15 bits per heavy atom. The first kappa shape index (κ1) is 18.4. The number of furan rings is 1. The van der Waals surface area contributed by atoms with Crippen molar-refractivity contribution in [3.63, 3.8) is 0 Å². The molecule has 0 aliphatic heterocycles. The highest BCUT2D eigenvalue weighted by atomic mass is 32.2. The SMILES string of the molecule is CC(=O)c1c(C)[nH]c(C(=O)CSc2nnc(NCc3ccco3)s2)c1C. The zero-order valence-corrected chi connectivity index (χ0v) is 16.2. The Bertz CT molecular complexity index is 928. The van der Waals surface area contributed by atoms with Crippen LogP contribution in [0.25, 0.3) is 0 Å². The Balaban J connectivity index is 1.58. The number of Topliss-reactive ketones (excluding diaryl/α,β-unsaturated/α-hetero) is 2. The van der Waals surface area contributed by atoms with Gasteiger partial charge in [0.15, 0.2) is 15.9 Å². The van der Waals surface area contributed by atoms with Gasteiger partial charge in [0.2, 0.25) is 5.13 Å². The minimum absolute atomic E-state index is 0.0423. The molecule has 0 bridgehead atoms. The number of carbonyl (C=O) groups is 2. The molecule has 3 rings (SSSR count). The van der Waals surface area contributed by atoms with Gasteiger partial charge in [-0.25, -0.2) is 0 Å². The number of carbonyl (C=O) groups excluding carboxylic acids is 2. The van der Waals surface area contributed by atoms with Crippen LogP contribution in [-0.2, 0) is 6.54 Å². The van der Waals surface area contributed by atoms with Crippen molar-refractivity contribution in [3.05, 3.63) is 46.7 Å². The highest BCUT2D eigenvalue weighted by Gasteiger charge is 2.20. The number of rotatable bonds is 8. The first-order chi connectivity index (χ1) is 12.5. The molecule has 0 spiro atoms. The van der Waals surface area contributed by atoms with Crippen LogP contribution in [0.3, 0.4) is 0 Å². The largest absolute Gasteiger partial charge is 0.467 e. The van der Waals surface area contributed by atoms with Crippen LogP contribution in [0.4, 0.5) is 5.13 Å². The van der Waals surface area contributed by atoms with Gasteiger partial charge >= 0.3 is 0 Å². The third-order valence-corrected chi connectivity index (χ3v) is 5.81. The summed E-state index contributed by atoms with van der Waals surface area (Å²) in [5.74, 6) is 0.927. The van der Waals surface area contributed by atoms with Gasteiger partial charge in [-0.1, -0.05) is 23.1 Å². The van der Waals surface area contributed by atoms with Gasteiger partial charge < -0.3 is 14.7 Å². The number of nitrogens with one attached hydrogen (secondary N) is 2. The van der Waals surface area contributed by atoms with Crippen LogP contribution in [0.15, 0.2) is 27.2 Å². The van der Waals surface area contributed by atoms with E-state index in [0.717, 1.165) is 11.5 Å². The van der Waals surface area contributed by atoms with Gasteiger partial charge in [-0.05, 0) is 38.5 Å². The molecule has 0 radical (unpaired) electrons. The van der Waals surface area contributed by atoms with E-state index in [1.807, 2.05) is 12.1 Å². The van der Waals surface area contributed by atoms with E-state index < -0.39 is 0 Å². The molecule has 0 saturated carbocycles. The number of H-pyrrole nitrogens is 1. The highest BCUT2D eigenvalue weighted by molar-refractivity contribution is 8.01. The van der Waals surface area contributed by atoms with E-state index in [1.54, 1.807) is 20.1 Å². The molecule has 7 nitrogen and oxygen atoms in total. The Kier molecular flexibility index (Phi) is 5.58. The van der Waals surface area contributed by atoms with Crippen molar-refractivity contribution in [1.29, 1.82) is 0 Å².